The number of aryl methyl sites for hydroxylation is 1. The molecule has 0 aliphatic rings. The van der Waals surface area contributed by atoms with Crippen molar-refractivity contribution in [2.45, 2.75) is 6.42 Å². The molecule has 2 nitrogen and oxygen atoms in total. The highest BCUT2D eigenvalue weighted by Crippen LogP contribution is 2.08. The quantitative estimate of drug-likeness (QED) is 0.715. The number of nitrogens with zero attached hydrogens (tertiary/aromatic N) is 2. The minimum absolute atomic E-state index is 0.878. The molecule has 0 amide bonds. The molecular formula is C9H14N2S. The maximum Gasteiger partial charge on any atom is 0.127 e. The van der Waals surface area contributed by atoms with Crippen molar-refractivity contribution in [3.05, 3.63) is 23.9 Å². The highest BCUT2D eigenvalue weighted by atomic mass is 32.1. The minimum atomic E-state index is 0.878. The first-order chi connectivity index (χ1) is 5.74. The summed E-state index contributed by atoms with van der Waals surface area (Å²) in [6.45, 7) is 0. The van der Waals surface area contributed by atoms with E-state index in [1.807, 2.05) is 31.3 Å². The van der Waals surface area contributed by atoms with E-state index in [0.717, 1.165) is 18.0 Å². The molecule has 0 radical (unpaired) electrons. The van der Waals surface area contributed by atoms with Crippen LogP contribution in [0.4, 0.5) is 5.82 Å². The largest absolute Gasteiger partial charge is 0.363 e. The molecule has 0 saturated heterocycles. The van der Waals surface area contributed by atoms with E-state index in [1.54, 1.807) is 0 Å². The third kappa shape index (κ3) is 2.41. The summed E-state index contributed by atoms with van der Waals surface area (Å²) >= 11 is 4.16. The Morgan fingerprint density at radius 3 is 2.58 bits per heavy atom. The van der Waals surface area contributed by atoms with Gasteiger partial charge >= 0.3 is 0 Å². The summed E-state index contributed by atoms with van der Waals surface area (Å²) in [7, 11) is 3.97. The van der Waals surface area contributed by atoms with Crippen LogP contribution in [0.1, 0.15) is 5.56 Å². The molecule has 0 saturated carbocycles. The lowest BCUT2D eigenvalue weighted by Crippen LogP contribution is -2.10. The number of hydrogen-bond acceptors (Lipinski definition) is 3. The number of anilines is 1. The van der Waals surface area contributed by atoms with Crippen molar-refractivity contribution < 1.29 is 0 Å². The van der Waals surface area contributed by atoms with E-state index in [9.17, 15) is 0 Å². The summed E-state index contributed by atoms with van der Waals surface area (Å²) < 4.78 is 0. The van der Waals surface area contributed by atoms with Gasteiger partial charge < -0.3 is 4.90 Å². The fraction of sp³-hybridized carbons (Fsp3) is 0.444. The van der Waals surface area contributed by atoms with Gasteiger partial charge in [-0.2, -0.15) is 12.6 Å². The molecule has 0 fully saturated rings. The molecule has 0 aliphatic heterocycles. The van der Waals surface area contributed by atoms with E-state index in [-0.39, 0.29) is 0 Å². The van der Waals surface area contributed by atoms with Gasteiger partial charge in [-0.1, -0.05) is 6.07 Å². The Hall–Kier alpha value is -0.700. The number of hydrogen-bond donors (Lipinski definition) is 1. The van der Waals surface area contributed by atoms with Crippen LogP contribution in [0.15, 0.2) is 18.3 Å². The molecule has 0 aliphatic carbocycles. The molecule has 12 heavy (non-hydrogen) atoms. The molecule has 1 aromatic heterocycles. The summed E-state index contributed by atoms with van der Waals surface area (Å²) in [6.07, 6.45) is 2.90. The molecule has 0 N–H and O–H groups in total. The van der Waals surface area contributed by atoms with Crippen LogP contribution in [-0.2, 0) is 6.42 Å². The van der Waals surface area contributed by atoms with Gasteiger partial charge in [-0.3, -0.25) is 0 Å². The van der Waals surface area contributed by atoms with Crippen molar-refractivity contribution in [3.63, 3.8) is 0 Å². The fourth-order valence-electron chi connectivity index (χ4n) is 0.958. The molecule has 0 atom stereocenters. The number of aromatic nitrogens is 1. The molecule has 1 rings (SSSR count). The molecule has 0 unspecified atom stereocenters. The molecule has 1 aromatic rings. The monoisotopic (exact) mass is 182 g/mol. The van der Waals surface area contributed by atoms with Gasteiger partial charge in [0.25, 0.3) is 0 Å². The van der Waals surface area contributed by atoms with E-state index in [0.29, 0.717) is 0 Å². The zero-order valence-corrected chi connectivity index (χ0v) is 8.38. The Kier molecular flexibility index (Phi) is 3.41. The van der Waals surface area contributed by atoms with Gasteiger partial charge in [0, 0.05) is 20.3 Å². The van der Waals surface area contributed by atoms with Crippen LogP contribution in [0, 0.1) is 0 Å². The van der Waals surface area contributed by atoms with Crippen LogP contribution < -0.4 is 4.90 Å². The summed E-state index contributed by atoms with van der Waals surface area (Å²) in [5, 5.41) is 0. The van der Waals surface area contributed by atoms with Gasteiger partial charge in [-0.25, -0.2) is 4.98 Å². The average molecular weight is 182 g/mol. The molecular weight excluding hydrogens is 168 g/mol. The Balaban J connectivity index is 2.71. The Bertz CT molecular complexity index is 231. The summed E-state index contributed by atoms with van der Waals surface area (Å²) in [6, 6.07) is 4.12. The third-order valence-corrected chi connectivity index (χ3v) is 1.89. The van der Waals surface area contributed by atoms with Crippen LogP contribution in [0.5, 0.6) is 0 Å². The van der Waals surface area contributed by atoms with E-state index in [2.05, 4.69) is 23.7 Å². The third-order valence-electron chi connectivity index (χ3n) is 1.67. The van der Waals surface area contributed by atoms with Crippen LogP contribution in [-0.4, -0.2) is 24.8 Å². The second-order valence-electron chi connectivity index (χ2n) is 2.89. The Morgan fingerprint density at radius 1 is 1.42 bits per heavy atom. The van der Waals surface area contributed by atoms with E-state index in [1.165, 1.54) is 5.56 Å². The van der Waals surface area contributed by atoms with Crippen molar-refractivity contribution in [3.8, 4) is 0 Å². The first-order valence-electron chi connectivity index (χ1n) is 3.97. The lowest BCUT2D eigenvalue weighted by atomic mass is 10.2. The molecule has 0 bridgehead atoms. The van der Waals surface area contributed by atoms with Gasteiger partial charge in [-0.05, 0) is 23.8 Å². The molecule has 0 aromatic carbocycles. The number of rotatable bonds is 3. The molecule has 66 valence electrons. The van der Waals surface area contributed by atoms with Gasteiger partial charge in [-0.15, -0.1) is 0 Å². The Labute approximate surface area is 79.0 Å². The molecule has 1 heterocycles. The Morgan fingerprint density at radius 2 is 2.17 bits per heavy atom. The van der Waals surface area contributed by atoms with Crippen LogP contribution in [0.25, 0.3) is 0 Å². The number of thiol groups is 1. The van der Waals surface area contributed by atoms with Gasteiger partial charge in [0.05, 0.1) is 0 Å². The van der Waals surface area contributed by atoms with Crippen LogP contribution >= 0.6 is 12.6 Å². The predicted octanol–water partition coefficient (Wildman–Crippen LogP) is 1.62. The topological polar surface area (TPSA) is 16.1 Å². The number of pyridine rings is 1. The van der Waals surface area contributed by atoms with Crippen molar-refractivity contribution in [1.29, 1.82) is 0 Å². The molecule has 3 heteroatoms. The van der Waals surface area contributed by atoms with E-state index in [4.69, 9.17) is 0 Å². The van der Waals surface area contributed by atoms with Crippen molar-refractivity contribution in [2.75, 3.05) is 24.7 Å². The lowest BCUT2D eigenvalue weighted by Gasteiger charge is -2.10. The first-order valence-corrected chi connectivity index (χ1v) is 4.60. The normalized spacial score (nSPS) is 9.92. The maximum absolute atomic E-state index is 4.29. The standard InChI is InChI=1S/C9H14N2S/c1-11(2)9-4-3-8(5-6-12)7-10-9/h3-4,7,12H,5-6H2,1-2H3. The first kappa shape index (κ1) is 9.39. The van der Waals surface area contributed by atoms with Crippen LogP contribution in [0.2, 0.25) is 0 Å². The average Bonchev–Trinajstić information content (AvgIpc) is 2.06. The van der Waals surface area contributed by atoms with Crippen molar-refractivity contribution >= 4 is 18.4 Å². The van der Waals surface area contributed by atoms with Gasteiger partial charge in [0.2, 0.25) is 0 Å². The zero-order valence-electron chi connectivity index (χ0n) is 7.49. The summed E-state index contributed by atoms with van der Waals surface area (Å²) in [5.74, 6) is 1.88. The van der Waals surface area contributed by atoms with E-state index >= 15 is 0 Å². The second kappa shape index (κ2) is 4.36. The highest BCUT2D eigenvalue weighted by Gasteiger charge is 1.95. The van der Waals surface area contributed by atoms with E-state index < -0.39 is 0 Å². The van der Waals surface area contributed by atoms with Crippen molar-refractivity contribution in [1.82, 2.24) is 4.98 Å². The van der Waals surface area contributed by atoms with Crippen LogP contribution in [0.3, 0.4) is 0 Å². The predicted molar refractivity (Wildman–Crippen MR) is 56.1 cm³/mol. The van der Waals surface area contributed by atoms with Crippen molar-refractivity contribution in [2.24, 2.45) is 0 Å². The second-order valence-corrected chi connectivity index (χ2v) is 3.34. The van der Waals surface area contributed by atoms with Gasteiger partial charge in [0.1, 0.15) is 5.82 Å². The maximum atomic E-state index is 4.29. The summed E-state index contributed by atoms with van der Waals surface area (Å²) in [4.78, 5) is 6.28. The fourth-order valence-corrected chi connectivity index (χ4v) is 1.22. The lowest BCUT2D eigenvalue weighted by molar-refractivity contribution is 1.04. The molecule has 0 spiro atoms. The zero-order chi connectivity index (χ0) is 8.97. The SMILES string of the molecule is CN(C)c1ccc(CCS)cn1. The smallest absolute Gasteiger partial charge is 0.127 e. The highest BCUT2D eigenvalue weighted by molar-refractivity contribution is 7.80. The summed E-state index contributed by atoms with van der Waals surface area (Å²) in [5.41, 5.74) is 1.25. The minimum Gasteiger partial charge on any atom is -0.363 e. The van der Waals surface area contributed by atoms with Gasteiger partial charge in [0.15, 0.2) is 0 Å².